The zero-order valence-electron chi connectivity index (χ0n) is 11.7. The van der Waals surface area contributed by atoms with E-state index < -0.39 is 5.97 Å². The van der Waals surface area contributed by atoms with E-state index in [4.69, 9.17) is 5.11 Å². The maximum atomic E-state index is 11.6. The molecule has 1 rings (SSSR count). The van der Waals surface area contributed by atoms with Crippen LogP contribution in [-0.4, -0.2) is 33.6 Å². The van der Waals surface area contributed by atoms with Gasteiger partial charge in [0.25, 0.3) is 0 Å². The molecule has 110 valence electrons. The minimum Gasteiger partial charge on any atom is -0.481 e. The van der Waals surface area contributed by atoms with E-state index in [1.54, 1.807) is 6.07 Å². The highest BCUT2D eigenvalue weighted by Crippen LogP contribution is 2.25. The monoisotopic (exact) mass is 280 g/mol. The number of nitrogens with zero attached hydrogens (tertiary/aromatic N) is 2. The third-order valence-electron chi connectivity index (χ3n) is 2.89. The first-order chi connectivity index (χ1) is 9.39. The molecule has 1 heterocycles. The number of aliphatic carboxylic acids is 1. The molecule has 0 aliphatic rings. The Hall–Kier alpha value is -2.18. The van der Waals surface area contributed by atoms with Crippen LogP contribution in [0.3, 0.4) is 0 Å². The van der Waals surface area contributed by atoms with Crippen molar-refractivity contribution in [2.45, 2.75) is 33.1 Å². The van der Waals surface area contributed by atoms with Crippen LogP contribution in [0.25, 0.3) is 0 Å². The van der Waals surface area contributed by atoms with Crippen LogP contribution in [-0.2, 0) is 4.79 Å². The first-order valence-electron chi connectivity index (χ1n) is 6.43. The summed E-state index contributed by atoms with van der Waals surface area (Å²) < 4.78 is 0. The molecule has 0 aliphatic carbocycles. The Balaban J connectivity index is 2.26. The molecule has 0 aliphatic heterocycles. The van der Waals surface area contributed by atoms with Crippen molar-refractivity contribution in [1.82, 2.24) is 15.3 Å². The number of amides is 2. The van der Waals surface area contributed by atoms with E-state index in [0.29, 0.717) is 19.4 Å². The topological polar surface area (TPSA) is 104 Å². The Bertz CT molecular complexity index is 448. The second-order valence-electron chi connectivity index (χ2n) is 5.26. The molecule has 0 radical (unpaired) electrons. The SMILES string of the molecule is CC(C)(CCNC(=O)Nc1ncccn1)CCC(=O)O. The van der Waals surface area contributed by atoms with Gasteiger partial charge in [0, 0.05) is 25.4 Å². The molecule has 0 atom stereocenters. The molecule has 0 fully saturated rings. The molecular formula is C13H20N4O3. The lowest BCUT2D eigenvalue weighted by Gasteiger charge is -2.23. The number of urea groups is 1. The number of anilines is 1. The van der Waals surface area contributed by atoms with Gasteiger partial charge in [-0.1, -0.05) is 13.8 Å². The summed E-state index contributed by atoms with van der Waals surface area (Å²) in [6, 6.07) is 1.29. The Kier molecular flexibility index (Phi) is 5.89. The minimum atomic E-state index is -0.801. The van der Waals surface area contributed by atoms with Crippen molar-refractivity contribution in [3.63, 3.8) is 0 Å². The van der Waals surface area contributed by atoms with E-state index in [1.807, 2.05) is 13.8 Å². The number of rotatable bonds is 7. The number of carbonyl (C=O) groups excluding carboxylic acids is 1. The van der Waals surface area contributed by atoms with E-state index in [-0.39, 0.29) is 23.8 Å². The van der Waals surface area contributed by atoms with E-state index in [9.17, 15) is 9.59 Å². The van der Waals surface area contributed by atoms with Gasteiger partial charge in [0.1, 0.15) is 0 Å². The summed E-state index contributed by atoms with van der Waals surface area (Å²) in [6.45, 7) is 4.43. The van der Waals surface area contributed by atoms with Crippen LogP contribution < -0.4 is 10.6 Å². The third-order valence-corrected chi connectivity index (χ3v) is 2.89. The molecule has 0 bridgehead atoms. The zero-order chi connectivity index (χ0) is 15.0. The van der Waals surface area contributed by atoms with Gasteiger partial charge in [0.2, 0.25) is 5.95 Å². The van der Waals surface area contributed by atoms with Gasteiger partial charge < -0.3 is 10.4 Å². The van der Waals surface area contributed by atoms with Crippen molar-refractivity contribution < 1.29 is 14.7 Å². The fourth-order valence-electron chi connectivity index (χ4n) is 1.59. The van der Waals surface area contributed by atoms with Crippen LogP contribution in [0, 0.1) is 5.41 Å². The molecule has 0 saturated heterocycles. The standard InChI is InChI=1S/C13H20N4O3/c1-13(2,5-4-10(18)19)6-9-16-12(20)17-11-14-7-3-8-15-11/h3,7-8H,4-6,9H2,1-2H3,(H,18,19)(H2,14,15,16,17,20). The van der Waals surface area contributed by atoms with E-state index in [1.165, 1.54) is 12.4 Å². The number of nitrogens with one attached hydrogen (secondary N) is 2. The second-order valence-corrected chi connectivity index (χ2v) is 5.26. The van der Waals surface area contributed by atoms with Gasteiger partial charge in [0.15, 0.2) is 0 Å². The van der Waals surface area contributed by atoms with Gasteiger partial charge in [-0.25, -0.2) is 14.8 Å². The first kappa shape index (κ1) is 15.9. The third kappa shape index (κ3) is 6.67. The van der Waals surface area contributed by atoms with Crippen molar-refractivity contribution in [1.29, 1.82) is 0 Å². The van der Waals surface area contributed by atoms with Gasteiger partial charge in [-0.3, -0.25) is 10.1 Å². The van der Waals surface area contributed by atoms with Gasteiger partial charge >= 0.3 is 12.0 Å². The predicted molar refractivity (Wildman–Crippen MR) is 74.3 cm³/mol. The lowest BCUT2D eigenvalue weighted by atomic mass is 9.84. The van der Waals surface area contributed by atoms with E-state index >= 15 is 0 Å². The lowest BCUT2D eigenvalue weighted by molar-refractivity contribution is -0.137. The average Bonchev–Trinajstić information content (AvgIpc) is 2.37. The van der Waals surface area contributed by atoms with Gasteiger partial charge in [-0.2, -0.15) is 0 Å². The van der Waals surface area contributed by atoms with Gasteiger partial charge in [-0.15, -0.1) is 0 Å². The maximum absolute atomic E-state index is 11.6. The predicted octanol–water partition coefficient (Wildman–Crippen LogP) is 1.88. The smallest absolute Gasteiger partial charge is 0.321 e. The summed E-state index contributed by atoms with van der Waals surface area (Å²) in [4.78, 5) is 29.9. The van der Waals surface area contributed by atoms with Crippen LogP contribution in [0.1, 0.15) is 33.1 Å². The number of carboxylic acids is 1. The lowest BCUT2D eigenvalue weighted by Crippen LogP contribution is -2.32. The van der Waals surface area contributed by atoms with Crippen molar-refractivity contribution in [3.05, 3.63) is 18.5 Å². The van der Waals surface area contributed by atoms with Crippen molar-refractivity contribution in [3.8, 4) is 0 Å². The number of carboxylic acid groups (broad SMARTS) is 1. The fourth-order valence-corrected chi connectivity index (χ4v) is 1.59. The molecule has 0 aromatic carbocycles. The molecule has 0 spiro atoms. The van der Waals surface area contributed by atoms with Gasteiger partial charge in [-0.05, 0) is 24.3 Å². The number of hydrogen-bond donors (Lipinski definition) is 3. The summed E-state index contributed by atoms with van der Waals surface area (Å²) >= 11 is 0. The Morgan fingerprint density at radius 2 is 1.90 bits per heavy atom. The van der Waals surface area contributed by atoms with Crippen LogP contribution in [0.15, 0.2) is 18.5 Å². The molecule has 7 nitrogen and oxygen atoms in total. The zero-order valence-corrected chi connectivity index (χ0v) is 11.7. The highest BCUT2D eigenvalue weighted by atomic mass is 16.4. The summed E-state index contributed by atoms with van der Waals surface area (Å²) in [5.74, 6) is -0.555. The van der Waals surface area contributed by atoms with Gasteiger partial charge in [0.05, 0.1) is 0 Å². The first-order valence-corrected chi connectivity index (χ1v) is 6.43. The van der Waals surface area contributed by atoms with Crippen molar-refractivity contribution >= 4 is 17.9 Å². The maximum Gasteiger partial charge on any atom is 0.321 e. The molecule has 3 N–H and O–H groups in total. The van der Waals surface area contributed by atoms with Crippen molar-refractivity contribution in [2.75, 3.05) is 11.9 Å². The largest absolute Gasteiger partial charge is 0.481 e. The van der Waals surface area contributed by atoms with Crippen LogP contribution in [0.4, 0.5) is 10.7 Å². The number of carbonyl (C=O) groups is 2. The number of hydrogen-bond acceptors (Lipinski definition) is 4. The van der Waals surface area contributed by atoms with E-state index in [0.717, 1.165) is 0 Å². The Morgan fingerprint density at radius 3 is 2.50 bits per heavy atom. The summed E-state index contributed by atoms with van der Waals surface area (Å²) in [7, 11) is 0. The minimum absolute atomic E-state index is 0.130. The van der Waals surface area contributed by atoms with Crippen LogP contribution in [0.2, 0.25) is 0 Å². The fraction of sp³-hybridized carbons (Fsp3) is 0.538. The summed E-state index contributed by atoms with van der Waals surface area (Å²) in [5, 5.41) is 13.9. The summed E-state index contributed by atoms with van der Waals surface area (Å²) in [5.41, 5.74) is -0.130. The van der Waals surface area contributed by atoms with E-state index in [2.05, 4.69) is 20.6 Å². The quantitative estimate of drug-likeness (QED) is 0.707. The molecule has 2 amide bonds. The molecule has 0 saturated carbocycles. The molecule has 1 aromatic rings. The Morgan fingerprint density at radius 1 is 1.25 bits per heavy atom. The molecule has 20 heavy (non-hydrogen) atoms. The van der Waals surface area contributed by atoms with Crippen LogP contribution in [0.5, 0.6) is 0 Å². The number of aromatic nitrogens is 2. The molecule has 1 aromatic heterocycles. The highest BCUT2D eigenvalue weighted by Gasteiger charge is 2.19. The average molecular weight is 280 g/mol. The van der Waals surface area contributed by atoms with Crippen molar-refractivity contribution in [2.24, 2.45) is 5.41 Å². The Labute approximate surface area is 117 Å². The highest BCUT2D eigenvalue weighted by molar-refractivity contribution is 5.87. The molecular weight excluding hydrogens is 260 g/mol. The van der Waals surface area contributed by atoms with Crippen LogP contribution >= 0.6 is 0 Å². The normalized spacial score (nSPS) is 10.9. The second kappa shape index (κ2) is 7.42. The summed E-state index contributed by atoms with van der Waals surface area (Å²) in [6.07, 6.45) is 4.49. The molecule has 7 heteroatoms. The molecule has 0 unspecified atom stereocenters.